The summed E-state index contributed by atoms with van der Waals surface area (Å²) in [6.07, 6.45) is 0. The van der Waals surface area contributed by atoms with Crippen LogP contribution in [-0.4, -0.2) is 13.4 Å². The lowest BCUT2D eigenvalue weighted by Crippen LogP contribution is -2.64. The molecule has 17 aromatic rings. The highest BCUT2D eigenvalue weighted by Crippen LogP contribution is 2.54. The van der Waals surface area contributed by atoms with Gasteiger partial charge in [0.1, 0.15) is 11.5 Å². The first-order valence-electron chi connectivity index (χ1n) is 36.0. The minimum absolute atomic E-state index is 0.239. The summed E-state index contributed by atoms with van der Waals surface area (Å²) in [5.41, 5.74) is 29.8. The Hall–Kier alpha value is -13.3. The Bertz CT molecular complexity index is 6220. The number of ether oxygens (including phenoxy) is 1. The van der Waals surface area contributed by atoms with Crippen molar-refractivity contribution in [2.75, 3.05) is 24.5 Å². The van der Waals surface area contributed by atoms with E-state index < -0.39 is 0 Å². The molecule has 9 heteroatoms. The number of thiophene rings is 1. The molecule has 490 valence electrons. The average Bonchev–Trinajstić information content (AvgIpc) is 0.943. The molecule has 105 heavy (non-hydrogen) atoms. The molecular weight excluding hydrogens is 1290 g/mol. The molecule has 0 bridgehead atoms. The molecule has 0 unspecified atom stereocenters. The van der Waals surface area contributed by atoms with Crippen LogP contribution < -0.4 is 62.0 Å². The van der Waals surface area contributed by atoms with E-state index in [1.165, 1.54) is 47.6 Å². The third-order valence-electron chi connectivity index (χ3n) is 21.6. The SMILES string of the molecule is c1ccc(-c2ccccc2N(c2ccccc2)c2cc3c4c(c2)N(c2ccccc2-c2ccccc2)c2ccccc2B4c2cc4c(cc2O3)N(c2ccccc2-c2cccc3c2sc2ccccc23)c2cc(N(c3ccccc3)c3ccccc3)cc3c2B4c2ccccc2N3c2ccccc2)cc1. The maximum atomic E-state index is 8.09. The summed E-state index contributed by atoms with van der Waals surface area (Å²) in [6, 6.07) is 141. The van der Waals surface area contributed by atoms with Crippen molar-refractivity contribution >= 4 is 163 Å². The number of rotatable bonds is 12. The molecule has 0 spiro atoms. The lowest BCUT2D eigenvalue weighted by molar-refractivity contribution is 0.488. The molecular formula is C96H63B2N5OS. The van der Waals surface area contributed by atoms with Crippen molar-refractivity contribution in [3.63, 3.8) is 0 Å². The summed E-state index contributed by atoms with van der Waals surface area (Å²) in [7, 11) is 0. The van der Waals surface area contributed by atoms with Gasteiger partial charge in [0, 0.05) is 111 Å². The van der Waals surface area contributed by atoms with Gasteiger partial charge in [0.2, 0.25) is 0 Å². The molecule has 0 atom stereocenters. The van der Waals surface area contributed by atoms with Crippen LogP contribution in [-0.2, 0) is 0 Å². The first-order valence-corrected chi connectivity index (χ1v) is 36.9. The van der Waals surface area contributed by atoms with Crippen LogP contribution in [0.4, 0.5) is 85.3 Å². The Morgan fingerprint density at radius 3 is 1.36 bits per heavy atom. The number of fused-ring (bicyclic) bond motifs is 11. The zero-order valence-electron chi connectivity index (χ0n) is 57.1. The summed E-state index contributed by atoms with van der Waals surface area (Å²) in [5, 5.41) is 2.52. The van der Waals surface area contributed by atoms with Gasteiger partial charge in [-0.15, -0.1) is 11.3 Å². The number of benzene rings is 16. The molecule has 21 rings (SSSR count). The molecule has 0 radical (unpaired) electrons. The lowest BCUT2D eigenvalue weighted by atomic mass is 9.30. The molecule has 0 amide bonds. The summed E-state index contributed by atoms with van der Waals surface area (Å²) >= 11 is 1.87. The number of para-hydroxylation sites is 9. The second-order valence-corrected chi connectivity index (χ2v) is 28.4. The molecule has 0 N–H and O–H groups in total. The summed E-state index contributed by atoms with van der Waals surface area (Å²) < 4.78 is 10.6. The number of anilines is 15. The average molecular weight is 1360 g/mol. The molecule has 4 aliphatic rings. The molecule has 1 aromatic heterocycles. The summed E-state index contributed by atoms with van der Waals surface area (Å²) in [6.45, 7) is -0.506. The van der Waals surface area contributed by atoms with Gasteiger partial charge in [0.05, 0.1) is 28.4 Å². The zero-order chi connectivity index (χ0) is 69.1. The lowest BCUT2D eigenvalue weighted by Gasteiger charge is -2.46. The van der Waals surface area contributed by atoms with Gasteiger partial charge < -0.3 is 29.2 Å². The molecule has 16 aromatic carbocycles. The third kappa shape index (κ3) is 9.73. The van der Waals surface area contributed by atoms with Crippen LogP contribution in [0.15, 0.2) is 382 Å². The largest absolute Gasteiger partial charge is 0.458 e. The van der Waals surface area contributed by atoms with E-state index in [1.54, 1.807) is 0 Å². The first-order chi connectivity index (χ1) is 52.1. The molecule has 0 saturated carbocycles. The van der Waals surface area contributed by atoms with Crippen LogP contribution in [0.5, 0.6) is 11.5 Å². The topological polar surface area (TPSA) is 25.4 Å². The van der Waals surface area contributed by atoms with Crippen LogP contribution in [0.1, 0.15) is 0 Å². The van der Waals surface area contributed by atoms with Gasteiger partial charge in [-0.2, -0.15) is 0 Å². The van der Waals surface area contributed by atoms with E-state index in [2.05, 4.69) is 407 Å². The predicted molar refractivity (Wildman–Crippen MR) is 445 cm³/mol. The Balaban J connectivity index is 0.869. The van der Waals surface area contributed by atoms with Gasteiger partial charge in [-0.05, 0) is 147 Å². The van der Waals surface area contributed by atoms with E-state index >= 15 is 0 Å². The maximum Gasteiger partial charge on any atom is 0.256 e. The second kappa shape index (κ2) is 24.7. The van der Waals surface area contributed by atoms with Crippen molar-refractivity contribution in [2.45, 2.75) is 0 Å². The molecule has 0 aliphatic carbocycles. The highest BCUT2D eigenvalue weighted by molar-refractivity contribution is 7.26. The predicted octanol–water partition coefficient (Wildman–Crippen LogP) is 22.5. The highest BCUT2D eigenvalue weighted by atomic mass is 32.1. The van der Waals surface area contributed by atoms with Crippen LogP contribution in [0.3, 0.4) is 0 Å². The fourth-order valence-corrected chi connectivity index (χ4v) is 18.5. The molecule has 6 nitrogen and oxygen atoms in total. The highest BCUT2D eigenvalue weighted by Gasteiger charge is 2.49. The van der Waals surface area contributed by atoms with E-state index in [4.69, 9.17) is 4.74 Å². The normalized spacial score (nSPS) is 12.7. The van der Waals surface area contributed by atoms with Crippen LogP contribution in [0.2, 0.25) is 0 Å². The zero-order valence-corrected chi connectivity index (χ0v) is 57.9. The third-order valence-corrected chi connectivity index (χ3v) is 22.8. The number of hydrogen-bond acceptors (Lipinski definition) is 7. The van der Waals surface area contributed by atoms with Crippen LogP contribution in [0.25, 0.3) is 53.6 Å². The van der Waals surface area contributed by atoms with Crippen molar-refractivity contribution < 1.29 is 4.74 Å². The quantitative estimate of drug-likeness (QED) is 0.113. The van der Waals surface area contributed by atoms with E-state index in [-0.39, 0.29) is 13.4 Å². The fourth-order valence-electron chi connectivity index (χ4n) is 17.3. The Morgan fingerprint density at radius 2 is 0.705 bits per heavy atom. The van der Waals surface area contributed by atoms with Gasteiger partial charge in [-0.1, -0.05) is 267 Å². The first kappa shape index (κ1) is 60.4. The van der Waals surface area contributed by atoms with E-state index in [0.29, 0.717) is 0 Å². The monoisotopic (exact) mass is 1360 g/mol. The van der Waals surface area contributed by atoms with E-state index in [9.17, 15) is 0 Å². The molecule has 4 aliphatic heterocycles. The smallest absolute Gasteiger partial charge is 0.256 e. The van der Waals surface area contributed by atoms with Crippen molar-refractivity contribution in [1.29, 1.82) is 0 Å². The minimum atomic E-state index is -0.268. The molecule has 0 saturated heterocycles. The maximum absolute atomic E-state index is 8.09. The fraction of sp³-hybridized carbons (Fsp3) is 0. The second-order valence-electron chi connectivity index (χ2n) is 27.4. The Morgan fingerprint density at radius 1 is 0.257 bits per heavy atom. The van der Waals surface area contributed by atoms with Gasteiger partial charge in [-0.25, -0.2) is 0 Å². The van der Waals surface area contributed by atoms with Crippen molar-refractivity contribution in [1.82, 2.24) is 0 Å². The van der Waals surface area contributed by atoms with Crippen molar-refractivity contribution in [2.24, 2.45) is 0 Å². The molecule has 5 heterocycles. The number of nitrogens with zero attached hydrogens (tertiary/aromatic N) is 5. The summed E-state index contributed by atoms with van der Waals surface area (Å²) in [4.78, 5) is 12.5. The number of hydrogen-bond donors (Lipinski definition) is 0. The molecule has 0 fully saturated rings. The standard InChI is InChI=1S/C96H63B2N5OS/c1-7-32-64(33-8-1)72-44-19-25-52-82(72)100(68-40-15-5-16-41-68)71-60-90-95-92(61-71)104-91-63-87-80(62-81(91)98(95)79-51-24-29-56-86(79)102(90)83-53-26-20-45-73(83)65-34-9-2-10-35-65)97-78-50-23-28-55-85(78)101(69-42-17-6-18-43-69)88-58-70(99(66-36-11-3-12-37-66)67-38-13-4-14-39-67)59-89(94(88)97)103(87)84-54-27-21-46-74(84)76-48-31-49-77-75-47-22-30-57-93(75)105-96(76)77/h1-63H. The van der Waals surface area contributed by atoms with Crippen molar-refractivity contribution in [3.05, 3.63) is 382 Å². The van der Waals surface area contributed by atoms with Gasteiger partial charge in [-0.3, -0.25) is 0 Å². The van der Waals surface area contributed by atoms with Crippen LogP contribution in [0, 0.1) is 0 Å². The Kier molecular flexibility index (Phi) is 14.2. The van der Waals surface area contributed by atoms with Crippen LogP contribution >= 0.6 is 11.3 Å². The van der Waals surface area contributed by atoms with Gasteiger partial charge >= 0.3 is 0 Å². The van der Waals surface area contributed by atoms with Gasteiger partial charge in [0.25, 0.3) is 13.4 Å². The minimum Gasteiger partial charge on any atom is -0.458 e. The van der Waals surface area contributed by atoms with E-state index in [0.717, 1.165) is 136 Å². The van der Waals surface area contributed by atoms with E-state index in [1.807, 2.05) is 11.3 Å². The van der Waals surface area contributed by atoms with Gasteiger partial charge in [0.15, 0.2) is 0 Å². The Labute approximate surface area is 615 Å². The summed E-state index contributed by atoms with van der Waals surface area (Å²) in [5.74, 6) is 1.60. The van der Waals surface area contributed by atoms with Crippen molar-refractivity contribution in [3.8, 4) is 44.9 Å².